The Labute approximate surface area is 169 Å². The Bertz CT molecular complexity index is 947. The Morgan fingerprint density at radius 3 is 2.46 bits per heavy atom. The molecule has 1 aromatic heterocycles. The van der Waals surface area contributed by atoms with E-state index in [-0.39, 0.29) is 12.5 Å². The van der Waals surface area contributed by atoms with Gasteiger partial charge in [0.15, 0.2) is 0 Å². The summed E-state index contributed by atoms with van der Waals surface area (Å²) in [4.78, 5) is 19.6. The molecule has 1 aliphatic carbocycles. The zero-order chi connectivity index (χ0) is 19.6. The predicted octanol–water partition coefficient (Wildman–Crippen LogP) is 4.86. The average Bonchev–Trinajstić information content (AvgIpc) is 3.39. The van der Waals surface area contributed by atoms with E-state index in [1.54, 1.807) is 24.1 Å². The minimum absolute atomic E-state index is 0.113. The van der Waals surface area contributed by atoms with Crippen LogP contribution in [0.2, 0.25) is 5.02 Å². The summed E-state index contributed by atoms with van der Waals surface area (Å²) in [5.74, 6) is 1.02. The van der Waals surface area contributed by atoms with E-state index in [1.165, 1.54) is 0 Å². The maximum absolute atomic E-state index is 13.4. The Morgan fingerprint density at radius 2 is 1.79 bits per heavy atom. The molecule has 0 bridgehead atoms. The van der Waals surface area contributed by atoms with Crippen LogP contribution in [0.25, 0.3) is 11.4 Å². The fourth-order valence-corrected chi connectivity index (χ4v) is 4.16. The molecule has 0 spiro atoms. The molecule has 0 unspecified atom stereocenters. The highest BCUT2D eigenvalue weighted by Crippen LogP contribution is 2.42. The van der Waals surface area contributed by atoms with Gasteiger partial charge in [0, 0.05) is 17.6 Å². The highest BCUT2D eigenvalue weighted by molar-refractivity contribution is 6.30. The Morgan fingerprint density at radius 1 is 1.11 bits per heavy atom. The summed E-state index contributed by atoms with van der Waals surface area (Å²) in [6.07, 6.45) is 3.88. The van der Waals surface area contributed by atoms with Crippen LogP contribution in [0.1, 0.15) is 37.1 Å². The summed E-state index contributed by atoms with van der Waals surface area (Å²) in [6.45, 7) is 0.286. The van der Waals surface area contributed by atoms with Crippen LogP contribution in [-0.4, -0.2) is 28.0 Å². The van der Waals surface area contributed by atoms with E-state index in [2.05, 4.69) is 22.3 Å². The smallest absolute Gasteiger partial charge is 0.246 e. The van der Waals surface area contributed by atoms with Crippen LogP contribution in [0, 0.1) is 0 Å². The first-order chi connectivity index (χ1) is 13.6. The number of carbonyl (C=O) groups excluding carboxylic acids is 1. The molecule has 4 rings (SSSR count). The molecular formula is C22H22ClN3O2. The van der Waals surface area contributed by atoms with Crippen LogP contribution in [0.4, 0.5) is 0 Å². The predicted molar refractivity (Wildman–Crippen MR) is 108 cm³/mol. The molecule has 0 aliphatic heterocycles. The largest absolute Gasteiger partial charge is 0.337 e. The molecule has 6 heteroatoms. The molecule has 0 radical (unpaired) electrons. The Balaban J connectivity index is 1.52. The van der Waals surface area contributed by atoms with Gasteiger partial charge in [-0.3, -0.25) is 4.79 Å². The highest BCUT2D eigenvalue weighted by atomic mass is 35.5. The lowest BCUT2D eigenvalue weighted by atomic mass is 9.77. The summed E-state index contributed by atoms with van der Waals surface area (Å²) in [5.41, 5.74) is 1.47. The fourth-order valence-electron chi connectivity index (χ4n) is 4.04. The van der Waals surface area contributed by atoms with Crippen molar-refractivity contribution in [2.75, 3.05) is 7.05 Å². The lowest BCUT2D eigenvalue weighted by Gasteiger charge is -2.32. The van der Waals surface area contributed by atoms with Gasteiger partial charge in [-0.1, -0.05) is 59.9 Å². The second-order valence-corrected chi connectivity index (χ2v) is 7.77. The molecule has 1 fully saturated rings. The van der Waals surface area contributed by atoms with E-state index >= 15 is 0 Å². The van der Waals surface area contributed by atoms with E-state index in [4.69, 9.17) is 16.1 Å². The van der Waals surface area contributed by atoms with Crippen LogP contribution in [0.15, 0.2) is 59.1 Å². The van der Waals surface area contributed by atoms with Gasteiger partial charge in [0.05, 0.1) is 12.0 Å². The van der Waals surface area contributed by atoms with Crippen molar-refractivity contribution in [3.63, 3.8) is 0 Å². The van der Waals surface area contributed by atoms with Gasteiger partial charge in [-0.2, -0.15) is 4.98 Å². The van der Waals surface area contributed by atoms with Crippen molar-refractivity contribution in [1.82, 2.24) is 15.0 Å². The molecular weight excluding hydrogens is 374 g/mol. The molecule has 144 valence electrons. The van der Waals surface area contributed by atoms with Crippen molar-refractivity contribution in [2.45, 2.75) is 37.6 Å². The van der Waals surface area contributed by atoms with Gasteiger partial charge in [0.25, 0.3) is 0 Å². The van der Waals surface area contributed by atoms with E-state index in [0.29, 0.717) is 16.7 Å². The normalized spacial score (nSPS) is 15.5. The topological polar surface area (TPSA) is 59.2 Å². The van der Waals surface area contributed by atoms with Crippen molar-refractivity contribution in [1.29, 1.82) is 0 Å². The number of aromatic nitrogens is 2. The lowest BCUT2D eigenvalue weighted by molar-refractivity contribution is -0.136. The first kappa shape index (κ1) is 18.7. The van der Waals surface area contributed by atoms with Gasteiger partial charge in [0.2, 0.25) is 17.6 Å². The van der Waals surface area contributed by atoms with Crippen molar-refractivity contribution >= 4 is 17.5 Å². The molecule has 0 saturated heterocycles. The summed E-state index contributed by atoms with van der Waals surface area (Å²) in [5, 5.41) is 4.69. The van der Waals surface area contributed by atoms with Gasteiger partial charge < -0.3 is 9.42 Å². The minimum atomic E-state index is -0.449. The number of carbonyl (C=O) groups is 1. The third-order valence-electron chi connectivity index (χ3n) is 5.48. The van der Waals surface area contributed by atoms with E-state index in [1.807, 2.05) is 30.3 Å². The van der Waals surface area contributed by atoms with Gasteiger partial charge in [-0.15, -0.1) is 0 Å². The summed E-state index contributed by atoms with van der Waals surface area (Å²) >= 11 is 5.93. The van der Waals surface area contributed by atoms with Gasteiger partial charge in [0.1, 0.15) is 0 Å². The number of rotatable bonds is 5. The van der Waals surface area contributed by atoms with Crippen LogP contribution in [0.5, 0.6) is 0 Å². The van der Waals surface area contributed by atoms with E-state index in [0.717, 1.165) is 36.8 Å². The second-order valence-electron chi connectivity index (χ2n) is 7.34. The Hall–Kier alpha value is -2.66. The number of benzene rings is 2. The maximum atomic E-state index is 13.4. The molecule has 1 aliphatic rings. The lowest BCUT2D eigenvalue weighted by Crippen LogP contribution is -2.43. The number of hydrogen-bond acceptors (Lipinski definition) is 4. The molecule has 0 atom stereocenters. The highest BCUT2D eigenvalue weighted by Gasteiger charge is 2.44. The first-order valence-electron chi connectivity index (χ1n) is 9.48. The monoisotopic (exact) mass is 395 g/mol. The molecule has 28 heavy (non-hydrogen) atoms. The average molecular weight is 396 g/mol. The molecule has 0 N–H and O–H groups in total. The standard InChI is InChI=1S/C22H22ClN3O2/c1-26(15-19-24-20(25-28-19)16-9-11-18(23)12-10-16)21(27)22(13-5-6-14-22)17-7-3-2-4-8-17/h2-4,7-12H,5-6,13-15H2,1H3. The van der Waals surface area contributed by atoms with Gasteiger partial charge in [-0.25, -0.2) is 0 Å². The van der Waals surface area contributed by atoms with Crippen LogP contribution in [0.3, 0.4) is 0 Å². The van der Waals surface area contributed by atoms with E-state index < -0.39 is 5.41 Å². The van der Waals surface area contributed by atoms with Crippen molar-refractivity contribution in [2.24, 2.45) is 0 Å². The minimum Gasteiger partial charge on any atom is -0.337 e. The third kappa shape index (κ3) is 3.54. The van der Waals surface area contributed by atoms with Crippen LogP contribution in [-0.2, 0) is 16.8 Å². The van der Waals surface area contributed by atoms with Crippen LogP contribution >= 0.6 is 11.6 Å². The first-order valence-corrected chi connectivity index (χ1v) is 9.86. The molecule has 3 aromatic rings. The van der Waals surface area contributed by atoms with Crippen molar-refractivity contribution in [3.05, 3.63) is 71.1 Å². The third-order valence-corrected chi connectivity index (χ3v) is 5.73. The molecule has 1 heterocycles. The molecule has 1 amide bonds. The van der Waals surface area contributed by atoms with Crippen LogP contribution < -0.4 is 0 Å². The quantitative estimate of drug-likeness (QED) is 0.619. The number of halogens is 1. The fraction of sp³-hybridized carbons (Fsp3) is 0.318. The summed E-state index contributed by atoms with van der Waals surface area (Å²) in [7, 11) is 1.80. The van der Waals surface area contributed by atoms with E-state index in [9.17, 15) is 4.79 Å². The summed E-state index contributed by atoms with van der Waals surface area (Å²) in [6, 6.07) is 17.3. The van der Waals surface area contributed by atoms with Crippen molar-refractivity contribution in [3.8, 4) is 11.4 Å². The van der Waals surface area contributed by atoms with Crippen molar-refractivity contribution < 1.29 is 9.32 Å². The number of amides is 1. The summed E-state index contributed by atoms with van der Waals surface area (Å²) < 4.78 is 5.38. The number of hydrogen-bond donors (Lipinski definition) is 0. The van der Waals surface area contributed by atoms with Gasteiger partial charge >= 0.3 is 0 Å². The molecule has 5 nitrogen and oxygen atoms in total. The maximum Gasteiger partial charge on any atom is 0.246 e. The van der Waals surface area contributed by atoms with Gasteiger partial charge in [-0.05, 0) is 42.7 Å². The molecule has 2 aromatic carbocycles. The SMILES string of the molecule is CN(Cc1nc(-c2ccc(Cl)cc2)no1)C(=O)C1(c2ccccc2)CCCC1. The Kier molecular flexibility index (Phi) is 5.18. The number of nitrogens with zero attached hydrogens (tertiary/aromatic N) is 3. The number of likely N-dealkylation sites (N-methyl/N-ethyl adjacent to an activating group) is 1. The zero-order valence-electron chi connectivity index (χ0n) is 15.8. The zero-order valence-corrected chi connectivity index (χ0v) is 16.5. The second kappa shape index (κ2) is 7.76. The molecule has 1 saturated carbocycles.